The average molecular weight is 236 g/mol. The first-order valence-corrected chi connectivity index (χ1v) is 5.65. The van der Waals surface area contributed by atoms with E-state index in [9.17, 15) is 0 Å². The van der Waals surface area contributed by atoms with Gasteiger partial charge in [0.05, 0.1) is 5.52 Å². The highest BCUT2D eigenvalue weighted by Crippen LogP contribution is 2.24. The minimum Gasteiger partial charge on any atom is -0.399 e. The van der Waals surface area contributed by atoms with E-state index < -0.39 is 0 Å². The standard InChI is InChI=1S/C14H12N4/c15-10-6-8-17-14(9-10)18-13-5-1-4-12-11(13)3-2-7-16-12/h1-9H,(H3,15,17,18). The minimum atomic E-state index is 0.686. The summed E-state index contributed by atoms with van der Waals surface area (Å²) >= 11 is 0. The molecule has 0 aliphatic rings. The molecule has 18 heavy (non-hydrogen) atoms. The Hall–Kier alpha value is -2.62. The summed E-state index contributed by atoms with van der Waals surface area (Å²) in [6, 6.07) is 13.4. The van der Waals surface area contributed by atoms with Crippen LogP contribution in [0.25, 0.3) is 10.9 Å². The van der Waals surface area contributed by atoms with Crippen LogP contribution in [-0.2, 0) is 0 Å². The Morgan fingerprint density at radius 3 is 2.78 bits per heavy atom. The van der Waals surface area contributed by atoms with Crippen LogP contribution in [0.4, 0.5) is 17.2 Å². The molecule has 4 heteroatoms. The second-order valence-electron chi connectivity index (χ2n) is 3.98. The zero-order valence-electron chi connectivity index (χ0n) is 9.67. The van der Waals surface area contributed by atoms with E-state index >= 15 is 0 Å². The number of hydrogen-bond acceptors (Lipinski definition) is 4. The summed E-state index contributed by atoms with van der Waals surface area (Å²) in [5, 5.41) is 4.32. The van der Waals surface area contributed by atoms with Gasteiger partial charge < -0.3 is 11.1 Å². The maximum atomic E-state index is 5.73. The number of nitrogens with two attached hydrogens (primary N) is 1. The lowest BCUT2D eigenvalue weighted by molar-refractivity contribution is 1.31. The molecular weight excluding hydrogens is 224 g/mol. The van der Waals surface area contributed by atoms with Gasteiger partial charge in [-0.25, -0.2) is 4.98 Å². The van der Waals surface area contributed by atoms with Crippen molar-refractivity contribution in [1.29, 1.82) is 0 Å². The molecule has 0 saturated carbocycles. The fourth-order valence-corrected chi connectivity index (χ4v) is 1.87. The van der Waals surface area contributed by atoms with Gasteiger partial charge in [-0.05, 0) is 30.3 Å². The quantitative estimate of drug-likeness (QED) is 0.718. The summed E-state index contributed by atoms with van der Waals surface area (Å²) in [6.45, 7) is 0. The van der Waals surface area contributed by atoms with Gasteiger partial charge in [0.1, 0.15) is 5.82 Å². The van der Waals surface area contributed by atoms with Gasteiger partial charge in [-0.1, -0.05) is 6.07 Å². The number of aromatic nitrogens is 2. The molecule has 0 atom stereocenters. The summed E-state index contributed by atoms with van der Waals surface area (Å²) in [4.78, 5) is 8.55. The molecule has 1 aromatic carbocycles. The number of nitrogens with one attached hydrogen (secondary N) is 1. The third kappa shape index (κ3) is 1.96. The number of rotatable bonds is 2. The van der Waals surface area contributed by atoms with E-state index in [1.54, 1.807) is 24.5 Å². The van der Waals surface area contributed by atoms with Gasteiger partial charge >= 0.3 is 0 Å². The van der Waals surface area contributed by atoms with E-state index in [2.05, 4.69) is 15.3 Å². The summed E-state index contributed by atoms with van der Waals surface area (Å²) in [7, 11) is 0. The molecular formula is C14H12N4. The number of benzene rings is 1. The van der Waals surface area contributed by atoms with Crippen LogP contribution in [0, 0.1) is 0 Å². The highest BCUT2D eigenvalue weighted by molar-refractivity contribution is 5.92. The Kier molecular flexibility index (Phi) is 2.53. The maximum Gasteiger partial charge on any atom is 0.132 e. The van der Waals surface area contributed by atoms with Crippen LogP contribution in [0.1, 0.15) is 0 Å². The highest BCUT2D eigenvalue weighted by atomic mass is 15.0. The normalized spacial score (nSPS) is 10.4. The Balaban J connectivity index is 2.05. The van der Waals surface area contributed by atoms with E-state index in [0.717, 1.165) is 22.4 Å². The lowest BCUT2D eigenvalue weighted by Gasteiger charge is -2.08. The Bertz CT molecular complexity index is 689. The van der Waals surface area contributed by atoms with Gasteiger partial charge in [0.25, 0.3) is 0 Å². The van der Waals surface area contributed by atoms with Crippen molar-refractivity contribution in [2.75, 3.05) is 11.1 Å². The lowest BCUT2D eigenvalue weighted by atomic mass is 10.2. The Morgan fingerprint density at radius 1 is 0.944 bits per heavy atom. The molecule has 0 amide bonds. The van der Waals surface area contributed by atoms with E-state index in [-0.39, 0.29) is 0 Å². The predicted octanol–water partition coefficient (Wildman–Crippen LogP) is 2.96. The van der Waals surface area contributed by atoms with Crippen LogP contribution in [0.3, 0.4) is 0 Å². The van der Waals surface area contributed by atoms with Crippen LogP contribution < -0.4 is 11.1 Å². The van der Waals surface area contributed by atoms with Crippen LogP contribution in [0.5, 0.6) is 0 Å². The van der Waals surface area contributed by atoms with Crippen LogP contribution in [0.15, 0.2) is 54.9 Å². The van der Waals surface area contributed by atoms with E-state index in [0.29, 0.717) is 5.69 Å². The van der Waals surface area contributed by atoms with Gasteiger partial charge in [0.2, 0.25) is 0 Å². The topological polar surface area (TPSA) is 63.8 Å². The molecule has 0 saturated heterocycles. The van der Waals surface area contributed by atoms with Gasteiger partial charge in [-0.15, -0.1) is 0 Å². The van der Waals surface area contributed by atoms with E-state index in [1.807, 2.05) is 30.3 Å². The van der Waals surface area contributed by atoms with E-state index in [4.69, 9.17) is 5.73 Å². The van der Waals surface area contributed by atoms with Crippen molar-refractivity contribution >= 4 is 28.1 Å². The van der Waals surface area contributed by atoms with Crippen LogP contribution in [-0.4, -0.2) is 9.97 Å². The highest BCUT2D eigenvalue weighted by Gasteiger charge is 2.02. The first-order chi connectivity index (χ1) is 8.83. The summed E-state index contributed by atoms with van der Waals surface area (Å²) in [5.74, 6) is 0.728. The number of pyridine rings is 2. The van der Waals surface area contributed by atoms with Crippen molar-refractivity contribution in [1.82, 2.24) is 9.97 Å². The fourth-order valence-electron chi connectivity index (χ4n) is 1.87. The Morgan fingerprint density at radius 2 is 1.89 bits per heavy atom. The molecule has 3 rings (SSSR count). The van der Waals surface area contributed by atoms with Gasteiger partial charge in [-0.3, -0.25) is 4.98 Å². The molecule has 4 nitrogen and oxygen atoms in total. The number of fused-ring (bicyclic) bond motifs is 1. The van der Waals surface area contributed by atoms with E-state index in [1.165, 1.54) is 0 Å². The van der Waals surface area contributed by atoms with Crippen molar-refractivity contribution in [2.45, 2.75) is 0 Å². The number of nitrogen functional groups attached to an aromatic ring is 1. The predicted molar refractivity (Wildman–Crippen MR) is 73.7 cm³/mol. The second-order valence-corrected chi connectivity index (χ2v) is 3.98. The average Bonchev–Trinajstić information content (AvgIpc) is 2.39. The first kappa shape index (κ1) is 10.5. The molecule has 2 heterocycles. The molecule has 0 radical (unpaired) electrons. The Labute approximate surface area is 104 Å². The molecule has 0 spiro atoms. The molecule has 0 bridgehead atoms. The summed E-state index contributed by atoms with van der Waals surface area (Å²) in [6.07, 6.45) is 3.46. The molecule has 0 fully saturated rings. The molecule has 0 aliphatic carbocycles. The third-order valence-corrected chi connectivity index (χ3v) is 2.69. The summed E-state index contributed by atoms with van der Waals surface area (Å²) in [5.41, 5.74) is 8.34. The summed E-state index contributed by atoms with van der Waals surface area (Å²) < 4.78 is 0. The first-order valence-electron chi connectivity index (χ1n) is 5.65. The second kappa shape index (κ2) is 4.33. The monoisotopic (exact) mass is 236 g/mol. The van der Waals surface area contributed by atoms with Crippen molar-refractivity contribution < 1.29 is 0 Å². The lowest BCUT2D eigenvalue weighted by Crippen LogP contribution is -1.96. The molecule has 2 aromatic heterocycles. The van der Waals surface area contributed by atoms with Crippen molar-refractivity contribution in [3.63, 3.8) is 0 Å². The largest absolute Gasteiger partial charge is 0.399 e. The molecule has 3 N–H and O–H groups in total. The van der Waals surface area contributed by atoms with Crippen LogP contribution >= 0.6 is 0 Å². The SMILES string of the molecule is Nc1ccnc(Nc2cccc3ncccc23)c1. The fraction of sp³-hybridized carbons (Fsp3) is 0. The zero-order chi connectivity index (χ0) is 12.4. The number of nitrogens with zero attached hydrogens (tertiary/aromatic N) is 2. The van der Waals surface area contributed by atoms with Gasteiger partial charge in [0.15, 0.2) is 0 Å². The van der Waals surface area contributed by atoms with Crippen molar-refractivity contribution in [3.8, 4) is 0 Å². The smallest absolute Gasteiger partial charge is 0.132 e. The van der Waals surface area contributed by atoms with Crippen molar-refractivity contribution in [3.05, 3.63) is 54.9 Å². The third-order valence-electron chi connectivity index (χ3n) is 2.69. The molecule has 0 unspecified atom stereocenters. The maximum absolute atomic E-state index is 5.73. The molecule has 88 valence electrons. The molecule has 3 aromatic rings. The van der Waals surface area contributed by atoms with Crippen LogP contribution in [0.2, 0.25) is 0 Å². The zero-order valence-corrected chi connectivity index (χ0v) is 9.67. The molecule has 0 aliphatic heterocycles. The number of anilines is 3. The minimum absolute atomic E-state index is 0.686. The van der Waals surface area contributed by atoms with Gasteiger partial charge in [-0.2, -0.15) is 0 Å². The number of hydrogen-bond donors (Lipinski definition) is 2. The van der Waals surface area contributed by atoms with Crippen molar-refractivity contribution in [2.24, 2.45) is 0 Å². The van der Waals surface area contributed by atoms with Gasteiger partial charge in [0, 0.05) is 35.2 Å².